The average Bonchev–Trinajstić information content (AvgIpc) is 3.17. The Hall–Kier alpha value is -3.05. The fourth-order valence-electron chi connectivity index (χ4n) is 4.20. The Morgan fingerprint density at radius 2 is 2.10 bits per heavy atom. The van der Waals surface area contributed by atoms with Crippen molar-refractivity contribution in [3.8, 4) is 17.2 Å². The summed E-state index contributed by atoms with van der Waals surface area (Å²) in [5, 5.41) is 12.4. The lowest BCUT2D eigenvalue weighted by Gasteiger charge is -2.24. The summed E-state index contributed by atoms with van der Waals surface area (Å²) in [5.41, 5.74) is 1.58. The smallest absolute Gasteiger partial charge is 0.267 e. The molecule has 5 rings (SSSR count). The van der Waals surface area contributed by atoms with Gasteiger partial charge in [0.2, 0.25) is 0 Å². The minimum atomic E-state index is -0.509. The van der Waals surface area contributed by atoms with E-state index in [4.69, 9.17) is 9.47 Å². The van der Waals surface area contributed by atoms with Crippen LogP contribution in [0.1, 0.15) is 15.9 Å². The fraction of sp³-hybridized carbons (Fsp3) is 0.238. The number of hydrogen-bond donors (Lipinski definition) is 1. The van der Waals surface area contributed by atoms with E-state index in [2.05, 4.69) is 9.24 Å². The SMILES string of the molecule is COc1cc2c3c(c1)c(O)c(C(=O)N1CCc4c(P)cccc41)c(=O)n3CCO2. The van der Waals surface area contributed by atoms with Crippen molar-refractivity contribution in [2.24, 2.45) is 0 Å². The van der Waals surface area contributed by atoms with Crippen molar-refractivity contribution in [3.63, 3.8) is 0 Å². The van der Waals surface area contributed by atoms with Crippen LogP contribution < -0.4 is 25.2 Å². The molecule has 0 radical (unpaired) electrons. The highest BCUT2D eigenvalue weighted by Gasteiger charge is 2.33. The lowest BCUT2D eigenvalue weighted by Crippen LogP contribution is -2.37. The van der Waals surface area contributed by atoms with Crippen molar-refractivity contribution in [3.05, 3.63) is 51.8 Å². The van der Waals surface area contributed by atoms with Gasteiger partial charge in [0.25, 0.3) is 11.5 Å². The maximum Gasteiger partial charge on any atom is 0.267 e. The average molecular weight is 410 g/mol. The molecule has 1 N–H and O–H groups in total. The van der Waals surface area contributed by atoms with Crippen LogP contribution in [0.25, 0.3) is 10.9 Å². The summed E-state index contributed by atoms with van der Waals surface area (Å²) in [7, 11) is 4.19. The summed E-state index contributed by atoms with van der Waals surface area (Å²) >= 11 is 0. The molecule has 2 aromatic carbocycles. The van der Waals surface area contributed by atoms with E-state index in [1.54, 1.807) is 17.0 Å². The Labute approximate surface area is 168 Å². The van der Waals surface area contributed by atoms with Crippen molar-refractivity contribution >= 4 is 37.0 Å². The first-order valence-electron chi connectivity index (χ1n) is 9.30. The van der Waals surface area contributed by atoms with Crippen molar-refractivity contribution in [1.82, 2.24) is 4.57 Å². The van der Waals surface area contributed by atoms with Gasteiger partial charge in [-0.05, 0) is 29.4 Å². The van der Waals surface area contributed by atoms with Crippen LogP contribution in [0.5, 0.6) is 17.2 Å². The van der Waals surface area contributed by atoms with Gasteiger partial charge >= 0.3 is 0 Å². The van der Waals surface area contributed by atoms with E-state index in [1.165, 1.54) is 11.7 Å². The van der Waals surface area contributed by atoms with E-state index in [1.807, 2.05) is 18.2 Å². The fourth-order valence-corrected chi connectivity index (χ4v) is 4.61. The van der Waals surface area contributed by atoms with Gasteiger partial charge < -0.3 is 24.0 Å². The van der Waals surface area contributed by atoms with Crippen LogP contribution in [0.2, 0.25) is 0 Å². The van der Waals surface area contributed by atoms with Crippen LogP contribution in [0.3, 0.4) is 0 Å². The van der Waals surface area contributed by atoms with Gasteiger partial charge in [-0.15, -0.1) is 9.24 Å². The number of fused-ring (bicyclic) bond motifs is 1. The third-order valence-corrected chi connectivity index (χ3v) is 6.14. The molecule has 2 aliphatic heterocycles. The molecule has 148 valence electrons. The van der Waals surface area contributed by atoms with Gasteiger partial charge in [-0.25, -0.2) is 0 Å². The van der Waals surface area contributed by atoms with E-state index in [0.717, 1.165) is 16.6 Å². The molecule has 3 heterocycles. The van der Waals surface area contributed by atoms with Gasteiger partial charge in [-0.2, -0.15) is 0 Å². The molecule has 0 fully saturated rings. The van der Waals surface area contributed by atoms with Crippen LogP contribution in [0, 0.1) is 0 Å². The number of hydrogen-bond acceptors (Lipinski definition) is 5. The van der Waals surface area contributed by atoms with Gasteiger partial charge in [-0.1, -0.05) is 12.1 Å². The number of carbonyl (C=O) groups is 1. The number of amides is 1. The summed E-state index contributed by atoms with van der Waals surface area (Å²) in [6.45, 7) is 1.07. The number of anilines is 1. The quantitative estimate of drug-likeness (QED) is 0.652. The third kappa shape index (κ3) is 2.54. The molecule has 1 atom stereocenters. The topological polar surface area (TPSA) is 81.0 Å². The molecule has 29 heavy (non-hydrogen) atoms. The lowest BCUT2D eigenvalue weighted by atomic mass is 10.1. The van der Waals surface area contributed by atoms with Crippen LogP contribution in [-0.2, 0) is 13.0 Å². The summed E-state index contributed by atoms with van der Waals surface area (Å²) in [6, 6.07) is 9.00. The molecular weight excluding hydrogens is 391 g/mol. The molecular formula is C21H19N2O5P. The first-order valence-corrected chi connectivity index (χ1v) is 9.88. The van der Waals surface area contributed by atoms with E-state index in [-0.39, 0.29) is 11.3 Å². The number of pyridine rings is 1. The molecule has 0 saturated heterocycles. The maximum absolute atomic E-state index is 13.4. The van der Waals surface area contributed by atoms with Crippen molar-refractivity contribution in [2.45, 2.75) is 13.0 Å². The number of carbonyl (C=O) groups excluding carboxylic acids is 1. The number of aromatic nitrogens is 1. The summed E-state index contributed by atoms with van der Waals surface area (Å²) in [6.07, 6.45) is 0.703. The van der Waals surface area contributed by atoms with Crippen LogP contribution in [0.4, 0.5) is 5.69 Å². The zero-order valence-electron chi connectivity index (χ0n) is 15.8. The number of nitrogens with zero attached hydrogens (tertiary/aromatic N) is 2. The highest BCUT2D eigenvalue weighted by Crippen LogP contribution is 2.39. The largest absolute Gasteiger partial charge is 0.506 e. The van der Waals surface area contributed by atoms with E-state index in [9.17, 15) is 14.7 Å². The van der Waals surface area contributed by atoms with Crippen LogP contribution in [0.15, 0.2) is 35.1 Å². The van der Waals surface area contributed by atoms with Crippen molar-refractivity contribution in [1.29, 1.82) is 0 Å². The molecule has 1 aromatic heterocycles. The summed E-state index contributed by atoms with van der Waals surface area (Å²) in [5.74, 6) is 0.0966. The summed E-state index contributed by atoms with van der Waals surface area (Å²) < 4.78 is 12.5. The molecule has 7 nitrogen and oxygen atoms in total. The lowest BCUT2D eigenvalue weighted by molar-refractivity contribution is 0.0984. The number of benzene rings is 2. The third-order valence-electron chi connectivity index (χ3n) is 5.60. The predicted octanol–water partition coefficient (Wildman–Crippen LogP) is 1.81. The Kier molecular flexibility index (Phi) is 4.03. The molecule has 1 amide bonds. The first kappa shape index (κ1) is 18.0. The second-order valence-corrected chi connectivity index (χ2v) is 7.72. The molecule has 0 bridgehead atoms. The zero-order valence-corrected chi connectivity index (χ0v) is 16.9. The van der Waals surface area contributed by atoms with Crippen molar-refractivity contribution in [2.75, 3.05) is 25.2 Å². The molecule has 3 aromatic rings. The highest BCUT2D eigenvalue weighted by atomic mass is 31.0. The second-order valence-electron chi connectivity index (χ2n) is 7.10. The van der Waals surface area contributed by atoms with E-state index >= 15 is 0 Å². The normalized spacial score (nSPS) is 14.6. The van der Waals surface area contributed by atoms with Crippen molar-refractivity contribution < 1.29 is 19.4 Å². The summed E-state index contributed by atoms with van der Waals surface area (Å²) in [4.78, 5) is 28.2. The predicted molar refractivity (Wildman–Crippen MR) is 113 cm³/mol. The molecule has 0 aliphatic carbocycles. The number of aromatic hydroxyl groups is 1. The van der Waals surface area contributed by atoms with Crippen LogP contribution >= 0.6 is 9.24 Å². The first-order chi connectivity index (χ1) is 14.0. The molecule has 2 aliphatic rings. The molecule has 8 heteroatoms. The Balaban J connectivity index is 1.74. The number of methoxy groups -OCH3 is 1. The van der Waals surface area contributed by atoms with E-state index in [0.29, 0.717) is 48.5 Å². The van der Waals surface area contributed by atoms with Gasteiger partial charge in [-0.3, -0.25) is 9.59 Å². The van der Waals surface area contributed by atoms with Gasteiger partial charge in [0.15, 0.2) is 0 Å². The van der Waals surface area contributed by atoms with Gasteiger partial charge in [0.05, 0.1) is 19.2 Å². The number of rotatable bonds is 2. The number of ether oxygens (including phenoxy) is 2. The molecule has 0 spiro atoms. The minimum Gasteiger partial charge on any atom is -0.506 e. The van der Waals surface area contributed by atoms with Crippen LogP contribution in [-0.4, -0.2) is 35.8 Å². The van der Waals surface area contributed by atoms with Gasteiger partial charge in [0, 0.05) is 23.7 Å². The van der Waals surface area contributed by atoms with E-state index < -0.39 is 11.5 Å². The Bertz CT molecular complexity index is 1250. The Morgan fingerprint density at radius 1 is 1.28 bits per heavy atom. The van der Waals surface area contributed by atoms with Gasteiger partial charge in [0.1, 0.15) is 29.4 Å². The maximum atomic E-state index is 13.4. The monoisotopic (exact) mass is 410 g/mol. The zero-order chi connectivity index (χ0) is 20.3. The highest BCUT2D eigenvalue weighted by molar-refractivity contribution is 7.27. The second kappa shape index (κ2) is 6.49. The molecule has 0 saturated carbocycles. The minimum absolute atomic E-state index is 0.222. The standard InChI is InChI=1S/C21H19N2O5P/c1-27-11-9-13-18-15(10-11)28-8-7-23(18)21(26)17(19(13)24)20(25)22-6-5-12-14(22)3-2-4-16(12)29/h2-4,9-10,24H,5-8,29H2,1H3. The Morgan fingerprint density at radius 3 is 2.90 bits per heavy atom. The molecule has 1 unspecified atom stereocenters.